The predicted octanol–water partition coefficient (Wildman–Crippen LogP) is 1.28. The maximum absolute atomic E-state index is 13.1. The number of benzene rings is 1. The van der Waals surface area contributed by atoms with Crippen LogP contribution < -0.4 is 10.4 Å². The molecule has 30 heavy (non-hydrogen) atoms. The summed E-state index contributed by atoms with van der Waals surface area (Å²) in [4.78, 5) is 32.9. The van der Waals surface area contributed by atoms with Gasteiger partial charge in [0.1, 0.15) is 0 Å². The van der Waals surface area contributed by atoms with Crippen LogP contribution in [0, 0.1) is 0 Å². The third-order valence-electron chi connectivity index (χ3n) is 5.00. The topological polar surface area (TPSA) is 109 Å². The zero-order valence-corrected chi connectivity index (χ0v) is 18.7. The summed E-state index contributed by atoms with van der Waals surface area (Å²) in [5, 5.41) is 22.2. The highest BCUT2D eigenvalue weighted by Gasteiger charge is 2.41. The maximum atomic E-state index is 13.1. The number of anilines is 1. The van der Waals surface area contributed by atoms with Crippen LogP contribution in [0.1, 0.15) is 19.8 Å². The Bertz CT molecular complexity index is 948. The van der Waals surface area contributed by atoms with Gasteiger partial charge in [0.15, 0.2) is 5.82 Å². The van der Waals surface area contributed by atoms with Gasteiger partial charge >= 0.3 is 14.1 Å². The van der Waals surface area contributed by atoms with Crippen LogP contribution in [-0.4, -0.2) is 63.4 Å². The van der Waals surface area contributed by atoms with E-state index in [0.717, 1.165) is 14.9 Å². The number of nitrogens with one attached hydrogen (secondary N) is 1. The molecular formula is C18H24B2BrN5O4. The van der Waals surface area contributed by atoms with Gasteiger partial charge in [-0.15, -0.1) is 0 Å². The minimum atomic E-state index is -0.988. The second-order valence-electron chi connectivity index (χ2n) is 7.30. The lowest BCUT2D eigenvalue weighted by Crippen LogP contribution is -2.67. The molecule has 0 saturated carbocycles. The van der Waals surface area contributed by atoms with Crippen LogP contribution in [-0.2, 0) is 9.59 Å². The van der Waals surface area contributed by atoms with Crippen LogP contribution in [0.15, 0.2) is 34.8 Å². The summed E-state index contributed by atoms with van der Waals surface area (Å²) in [6.45, 7) is 4.97. The van der Waals surface area contributed by atoms with E-state index in [-0.39, 0.29) is 5.82 Å². The van der Waals surface area contributed by atoms with Gasteiger partial charge in [0.05, 0.1) is 11.6 Å². The SMILES string of the molecule is CB(O)N1CCC[C@@H](C(=O)NN(C(C)=O)c2ccc3ccc(Br)cc3n2)N1B(C)O. The summed E-state index contributed by atoms with van der Waals surface area (Å²) < 4.78 is 0.853. The Hall–Kier alpha value is -1.98. The number of nitrogens with zero attached hydrogens (tertiary/aromatic N) is 4. The van der Waals surface area contributed by atoms with Crippen LogP contribution in [0.4, 0.5) is 5.82 Å². The Morgan fingerprint density at radius 3 is 2.57 bits per heavy atom. The summed E-state index contributed by atoms with van der Waals surface area (Å²) in [5.74, 6) is -0.585. The molecule has 1 aromatic carbocycles. The van der Waals surface area contributed by atoms with Gasteiger partial charge < -0.3 is 10.0 Å². The van der Waals surface area contributed by atoms with E-state index in [1.807, 2.05) is 24.3 Å². The Kier molecular flexibility index (Phi) is 7.14. The van der Waals surface area contributed by atoms with E-state index in [9.17, 15) is 19.6 Å². The van der Waals surface area contributed by atoms with Crippen molar-refractivity contribution in [3.63, 3.8) is 0 Å². The number of pyridine rings is 1. The number of carbonyl (C=O) groups is 2. The summed E-state index contributed by atoms with van der Waals surface area (Å²) in [6.07, 6.45) is 1.14. The van der Waals surface area contributed by atoms with Gasteiger partial charge in [-0.25, -0.2) is 14.9 Å². The molecule has 158 valence electrons. The molecule has 1 aromatic heterocycles. The van der Waals surface area contributed by atoms with Crippen molar-refractivity contribution in [2.45, 2.75) is 39.5 Å². The van der Waals surface area contributed by atoms with Gasteiger partial charge in [-0.05, 0) is 50.8 Å². The first-order chi connectivity index (χ1) is 14.2. The highest BCUT2D eigenvalue weighted by Crippen LogP contribution is 2.23. The Morgan fingerprint density at radius 1 is 1.23 bits per heavy atom. The summed E-state index contributed by atoms with van der Waals surface area (Å²) in [7, 11) is -1.85. The van der Waals surface area contributed by atoms with Crippen molar-refractivity contribution >= 4 is 58.6 Å². The van der Waals surface area contributed by atoms with E-state index in [1.165, 1.54) is 18.7 Å². The van der Waals surface area contributed by atoms with Crippen LogP contribution >= 0.6 is 15.9 Å². The summed E-state index contributed by atoms with van der Waals surface area (Å²) in [5.41, 5.74) is 3.31. The van der Waals surface area contributed by atoms with E-state index in [0.29, 0.717) is 24.9 Å². The van der Waals surface area contributed by atoms with Crippen molar-refractivity contribution in [3.8, 4) is 0 Å². The third-order valence-corrected chi connectivity index (χ3v) is 5.50. The van der Waals surface area contributed by atoms with Gasteiger partial charge in [-0.2, -0.15) is 0 Å². The number of aromatic nitrogens is 1. The largest absolute Gasteiger partial charge is 0.437 e. The number of rotatable bonds is 4. The maximum Gasteiger partial charge on any atom is 0.390 e. The predicted molar refractivity (Wildman–Crippen MR) is 120 cm³/mol. The zero-order chi connectivity index (χ0) is 22.0. The molecule has 0 bridgehead atoms. The highest BCUT2D eigenvalue weighted by molar-refractivity contribution is 9.10. The van der Waals surface area contributed by atoms with Crippen LogP contribution in [0.25, 0.3) is 10.9 Å². The van der Waals surface area contributed by atoms with Gasteiger partial charge in [0.25, 0.3) is 5.91 Å². The molecule has 3 rings (SSSR count). The smallest absolute Gasteiger partial charge is 0.390 e. The van der Waals surface area contributed by atoms with Gasteiger partial charge in [0.2, 0.25) is 5.91 Å². The van der Waals surface area contributed by atoms with Crippen molar-refractivity contribution in [1.29, 1.82) is 0 Å². The second kappa shape index (κ2) is 9.44. The number of hydrazine groups is 2. The minimum absolute atomic E-state index is 0.285. The zero-order valence-electron chi connectivity index (χ0n) is 17.1. The lowest BCUT2D eigenvalue weighted by atomic mass is 9.78. The quantitative estimate of drug-likeness (QED) is 0.451. The monoisotopic (exact) mass is 475 g/mol. The molecule has 0 radical (unpaired) electrons. The van der Waals surface area contributed by atoms with Crippen LogP contribution in [0.3, 0.4) is 0 Å². The number of carbonyl (C=O) groups excluding carboxylic acids is 2. The Morgan fingerprint density at radius 2 is 1.93 bits per heavy atom. The molecule has 2 heterocycles. The first-order valence-corrected chi connectivity index (χ1v) is 10.6. The molecule has 0 spiro atoms. The molecule has 1 aliphatic heterocycles. The molecule has 3 N–H and O–H groups in total. The van der Waals surface area contributed by atoms with Crippen LogP contribution in [0.5, 0.6) is 0 Å². The number of fused-ring (bicyclic) bond motifs is 1. The molecule has 1 fully saturated rings. The first kappa shape index (κ1) is 22.7. The molecular weight excluding hydrogens is 452 g/mol. The molecule has 12 heteroatoms. The van der Waals surface area contributed by atoms with E-state index < -0.39 is 32.0 Å². The molecule has 0 unspecified atom stereocenters. The molecule has 1 aliphatic rings. The fraction of sp³-hybridized carbons (Fsp3) is 0.389. The third kappa shape index (κ3) is 4.84. The number of hydrogen-bond donors (Lipinski definition) is 3. The fourth-order valence-corrected chi connectivity index (χ4v) is 4.01. The van der Waals surface area contributed by atoms with E-state index in [1.54, 1.807) is 17.8 Å². The lowest BCUT2D eigenvalue weighted by molar-refractivity contribution is -0.132. The van der Waals surface area contributed by atoms with Gasteiger partial charge in [0, 0.05) is 23.3 Å². The normalized spacial score (nSPS) is 17.6. The van der Waals surface area contributed by atoms with E-state index >= 15 is 0 Å². The lowest BCUT2D eigenvalue weighted by Gasteiger charge is -2.45. The second-order valence-corrected chi connectivity index (χ2v) is 8.22. The van der Waals surface area contributed by atoms with Crippen molar-refractivity contribution in [3.05, 3.63) is 34.8 Å². The van der Waals surface area contributed by atoms with Crippen molar-refractivity contribution in [1.82, 2.24) is 20.2 Å². The number of amides is 2. The fourth-order valence-electron chi connectivity index (χ4n) is 3.67. The minimum Gasteiger partial charge on any atom is -0.437 e. The number of halogens is 1. The van der Waals surface area contributed by atoms with Crippen molar-refractivity contribution in [2.75, 3.05) is 11.6 Å². The molecule has 1 atom stereocenters. The summed E-state index contributed by atoms with van der Waals surface area (Å²) in [6, 6.07) is 8.37. The Labute approximate surface area is 184 Å². The summed E-state index contributed by atoms with van der Waals surface area (Å²) >= 11 is 3.41. The average Bonchev–Trinajstić information content (AvgIpc) is 2.70. The molecule has 9 nitrogen and oxygen atoms in total. The van der Waals surface area contributed by atoms with E-state index in [4.69, 9.17) is 0 Å². The molecule has 2 amide bonds. The van der Waals surface area contributed by atoms with Crippen molar-refractivity contribution < 1.29 is 19.6 Å². The average molecular weight is 476 g/mol. The molecule has 0 aliphatic carbocycles. The molecule has 2 aromatic rings. The van der Waals surface area contributed by atoms with Crippen molar-refractivity contribution in [2.24, 2.45) is 0 Å². The van der Waals surface area contributed by atoms with E-state index in [2.05, 4.69) is 26.3 Å². The van der Waals surface area contributed by atoms with Gasteiger partial charge in [-0.3, -0.25) is 19.9 Å². The van der Waals surface area contributed by atoms with Crippen LogP contribution in [0.2, 0.25) is 13.6 Å². The number of hydrogen-bond acceptors (Lipinski definition) is 7. The highest BCUT2D eigenvalue weighted by atomic mass is 79.9. The standard InChI is InChI=1S/C18H24B2BrN5O4/c1-12(27)25(17-9-7-13-6-8-14(21)11-15(13)22-17)23-18(28)16-5-4-10-24(19(2)29)26(16)20(3)30/h6-9,11,16,29-30H,4-5,10H2,1-3H3,(H,23,28)/t16-/m0/s1. The first-order valence-electron chi connectivity index (χ1n) is 9.77. The molecule has 1 saturated heterocycles. The Balaban J connectivity index is 1.87. The van der Waals surface area contributed by atoms with Gasteiger partial charge in [-0.1, -0.05) is 22.0 Å².